The van der Waals surface area contributed by atoms with E-state index in [2.05, 4.69) is 0 Å². The Kier molecular flexibility index (Phi) is 4.92. The number of aliphatic hydroxyl groups excluding tert-OH is 1. The van der Waals surface area contributed by atoms with E-state index in [1.807, 2.05) is 0 Å². The van der Waals surface area contributed by atoms with Crippen molar-refractivity contribution in [2.45, 2.75) is 63.6 Å². The second-order valence-corrected chi connectivity index (χ2v) is 10.7. The van der Waals surface area contributed by atoms with Gasteiger partial charge < -0.3 is 10.2 Å². The largest absolute Gasteiger partial charge is 0.390 e. The first kappa shape index (κ1) is 22.1. The van der Waals surface area contributed by atoms with E-state index in [9.17, 15) is 24.2 Å². The van der Waals surface area contributed by atoms with Crippen LogP contribution in [0.1, 0.15) is 40.0 Å². The van der Waals surface area contributed by atoms with Gasteiger partial charge in [0.05, 0.1) is 6.10 Å². The molecule has 4 aliphatic rings. The quantitative estimate of drug-likeness (QED) is 0.682. The van der Waals surface area contributed by atoms with Gasteiger partial charge in [-0.2, -0.15) is 0 Å². The molecule has 0 heterocycles. The molecule has 30 heavy (non-hydrogen) atoms. The lowest BCUT2D eigenvalue weighted by Crippen LogP contribution is -2.70. The number of alkyl halides is 3. The molecule has 0 bridgehead atoms. The van der Waals surface area contributed by atoms with Crippen LogP contribution >= 0.6 is 11.8 Å². The molecule has 4 rings (SSSR count). The van der Waals surface area contributed by atoms with Crippen molar-refractivity contribution >= 4 is 22.7 Å². The number of carbonyl (C=O) groups excluding carboxylic acids is 2. The first-order chi connectivity index (χ1) is 13.9. The Hall–Kier alpha value is -1.12. The Labute approximate surface area is 178 Å². The van der Waals surface area contributed by atoms with Crippen molar-refractivity contribution < 1.29 is 33.0 Å². The third kappa shape index (κ3) is 2.39. The highest BCUT2D eigenvalue weighted by molar-refractivity contribution is 8.13. The van der Waals surface area contributed by atoms with E-state index in [1.165, 1.54) is 19.1 Å². The smallest absolute Gasteiger partial charge is 0.223 e. The van der Waals surface area contributed by atoms with Crippen molar-refractivity contribution in [1.29, 1.82) is 0 Å². The second-order valence-electron chi connectivity index (χ2n) is 9.80. The van der Waals surface area contributed by atoms with Crippen molar-refractivity contribution in [1.82, 2.24) is 0 Å². The molecule has 0 saturated heterocycles. The van der Waals surface area contributed by atoms with Crippen molar-refractivity contribution in [2.24, 2.45) is 28.6 Å². The number of ketones is 1. The molecule has 0 radical (unpaired) electrons. The minimum absolute atomic E-state index is 0.0294. The van der Waals surface area contributed by atoms with Gasteiger partial charge in [-0.1, -0.05) is 31.7 Å². The van der Waals surface area contributed by atoms with Crippen molar-refractivity contribution in [3.63, 3.8) is 0 Å². The molecule has 8 heteroatoms. The van der Waals surface area contributed by atoms with Crippen LogP contribution in [0.15, 0.2) is 23.8 Å². The molecule has 0 amide bonds. The Balaban J connectivity index is 1.84. The van der Waals surface area contributed by atoms with Crippen LogP contribution in [0.3, 0.4) is 0 Å². The third-order valence-corrected chi connectivity index (χ3v) is 9.39. The molecule has 2 N–H and O–H groups in total. The number of hydrogen-bond acceptors (Lipinski definition) is 5. The zero-order chi connectivity index (χ0) is 22.3. The Morgan fingerprint density at radius 3 is 2.60 bits per heavy atom. The maximum absolute atomic E-state index is 16.9. The summed E-state index contributed by atoms with van der Waals surface area (Å²) in [6, 6.07) is -0.995. The fraction of sp³-hybridized carbons (Fsp3) is 0.727. The molecule has 0 aromatic rings. The van der Waals surface area contributed by atoms with Crippen LogP contribution in [0.25, 0.3) is 0 Å². The molecule has 3 saturated carbocycles. The minimum atomic E-state index is -2.26. The molecule has 4 aliphatic carbocycles. The number of fused-ring (bicyclic) bond motifs is 5. The second kappa shape index (κ2) is 6.69. The van der Waals surface area contributed by atoms with E-state index in [0.29, 0.717) is 11.8 Å². The number of aliphatic hydroxyl groups is 2. The number of halogens is 3. The van der Waals surface area contributed by atoms with Crippen LogP contribution in [0, 0.1) is 28.6 Å². The van der Waals surface area contributed by atoms with E-state index in [4.69, 9.17) is 0 Å². The first-order valence-electron chi connectivity index (χ1n) is 10.3. The van der Waals surface area contributed by atoms with E-state index >= 15 is 8.78 Å². The van der Waals surface area contributed by atoms with Gasteiger partial charge in [0.25, 0.3) is 0 Å². The highest BCUT2D eigenvalue weighted by atomic mass is 32.2. The van der Waals surface area contributed by atoms with E-state index < -0.39 is 69.0 Å². The van der Waals surface area contributed by atoms with Crippen LogP contribution < -0.4 is 0 Å². The predicted molar refractivity (Wildman–Crippen MR) is 107 cm³/mol. The number of carbonyl (C=O) groups is 2. The molecule has 0 spiro atoms. The zero-order valence-electron chi connectivity index (χ0n) is 17.2. The lowest BCUT2D eigenvalue weighted by atomic mass is 9.44. The molecular formula is C22H27F3O4S. The molecule has 3 fully saturated rings. The van der Waals surface area contributed by atoms with Gasteiger partial charge >= 0.3 is 0 Å². The minimum Gasteiger partial charge on any atom is -0.390 e. The summed E-state index contributed by atoms with van der Waals surface area (Å²) >= 11 is 0.371. The van der Waals surface area contributed by atoms with Gasteiger partial charge in [0.1, 0.15) is 17.8 Å². The summed E-state index contributed by atoms with van der Waals surface area (Å²) in [6.45, 7) is 4.79. The third-order valence-electron chi connectivity index (χ3n) is 8.71. The Morgan fingerprint density at radius 1 is 1.30 bits per heavy atom. The van der Waals surface area contributed by atoms with Gasteiger partial charge in [-0.15, -0.1) is 0 Å². The fourth-order valence-electron chi connectivity index (χ4n) is 7.13. The molecule has 1 unspecified atom stereocenters. The summed E-state index contributed by atoms with van der Waals surface area (Å²) in [5, 5.41) is 21.9. The SMILES string of the molecule is C[C@@H]1C[C@H]2[C@@H]3C[C@H](F)C4=CC(=O)C=CC4(C)[C@@]3(F)[C@@H](O)C[C@]2(C)[C@@]1(O)C(=O)SCF. The first-order valence-corrected chi connectivity index (χ1v) is 11.3. The van der Waals surface area contributed by atoms with Gasteiger partial charge in [0.2, 0.25) is 5.12 Å². The monoisotopic (exact) mass is 444 g/mol. The summed E-state index contributed by atoms with van der Waals surface area (Å²) in [7, 11) is 0. The van der Waals surface area contributed by atoms with Crippen LogP contribution in [-0.4, -0.2) is 50.7 Å². The van der Waals surface area contributed by atoms with Gasteiger partial charge in [-0.25, -0.2) is 13.2 Å². The van der Waals surface area contributed by atoms with Gasteiger partial charge in [0.15, 0.2) is 11.5 Å². The highest BCUT2D eigenvalue weighted by Crippen LogP contribution is 2.71. The van der Waals surface area contributed by atoms with E-state index in [0.717, 1.165) is 6.08 Å². The molecule has 166 valence electrons. The summed E-state index contributed by atoms with van der Waals surface area (Å²) in [4.78, 5) is 24.6. The van der Waals surface area contributed by atoms with Crippen LogP contribution in [0.2, 0.25) is 0 Å². The lowest BCUT2D eigenvalue weighted by Gasteiger charge is -2.63. The zero-order valence-corrected chi connectivity index (χ0v) is 18.0. The van der Waals surface area contributed by atoms with Gasteiger partial charge in [-0.05, 0) is 55.7 Å². The molecule has 0 aromatic heterocycles. The molecular weight excluding hydrogens is 417 g/mol. The van der Waals surface area contributed by atoms with Crippen molar-refractivity contribution in [3.05, 3.63) is 23.8 Å². The van der Waals surface area contributed by atoms with Crippen molar-refractivity contribution in [3.8, 4) is 0 Å². The molecule has 4 nitrogen and oxygen atoms in total. The summed E-state index contributed by atoms with van der Waals surface area (Å²) in [5.41, 5.74) is -6.91. The normalized spacial score (nSPS) is 52.3. The number of rotatable bonds is 2. The maximum atomic E-state index is 16.9. The standard InChI is InChI=1S/C22H27F3O4S/c1-11-6-13-14-8-16(24)15-7-12(26)4-5-19(15,2)21(14,25)17(27)9-20(13,3)22(11,29)18(28)30-10-23/h4-5,7,11,13-14,16-17,27,29H,6,8-10H2,1-3H3/t11-,13+,14+,16+,17+,19?,20+,21+,22+/m1/s1. The van der Waals surface area contributed by atoms with Crippen LogP contribution in [-0.2, 0) is 9.59 Å². The Bertz CT molecular complexity index is 861. The lowest BCUT2D eigenvalue weighted by molar-refractivity contribution is -0.221. The van der Waals surface area contributed by atoms with Gasteiger partial charge in [-0.3, -0.25) is 9.59 Å². The topological polar surface area (TPSA) is 74.6 Å². The van der Waals surface area contributed by atoms with Crippen LogP contribution in [0.5, 0.6) is 0 Å². The van der Waals surface area contributed by atoms with Crippen LogP contribution in [0.4, 0.5) is 13.2 Å². The number of thioether (sulfide) groups is 1. The molecule has 9 atom stereocenters. The molecule has 0 aliphatic heterocycles. The van der Waals surface area contributed by atoms with Crippen molar-refractivity contribution in [2.75, 3.05) is 6.01 Å². The summed E-state index contributed by atoms with van der Waals surface area (Å²) in [5.74, 6) is -2.57. The Morgan fingerprint density at radius 2 is 1.97 bits per heavy atom. The number of allylic oxidation sites excluding steroid dienone is 4. The maximum Gasteiger partial charge on any atom is 0.223 e. The van der Waals surface area contributed by atoms with E-state index in [-0.39, 0.29) is 24.8 Å². The number of hydrogen-bond donors (Lipinski definition) is 2. The predicted octanol–water partition coefficient (Wildman–Crippen LogP) is 3.47. The van der Waals surface area contributed by atoms with Gasteiger partial charge in [0, 0.05) is 16.7 Å². The summed E-state index contributed by atoms with van der Waals surface area (Å²) in [6.07, 6.45) is 0.306. The average molecular weight is 445 g/mol. The van der Waals surface area contributed by atoms with E-state index in [1.54, 1.807) is 13.8 Å². The highest BCUT2D eigenvalue weighted by Gasteiger charge is 2.76. The average Bonchev–Trinajstić information content (AvgIpc) is 2.88. The molecule has 0 aromatic carbocycles. The fourth-order valence-corrected chi connectivity index (χ4v) is 7.89. The summed E-state index contributed by atoms with van der Waals surface area (Å²) < 4.78 is 45.1.